The number of amides is 1. The van der Waals surface area contributed by atoms with Crippen molar-refractivity contribution >= 4 is 17.6 Å². The molecule has 3 aromatic carbocycles. The molecule has 0 radical (unpaired) electrons. The standard InChI is InChI=1S/C28H26F3NO6/c1-2-35-26(33)17-37-22-6-3-5-19(15-22)13-14-36-25-8-4-7-23-24(25)16-32(27(23)34)20-9-11-21(12-10-20)38-18-28(29,30)31/h3-12,15H,2,13-14,16-18H2,1H3. The molecule has 7 nitrogen and oxygen atoms in total. The van der Waals surface area contributed by atoms with Crippen molar-refractivity contribution in [2.75, 3.05) is 31.3 Å². The Kier molecular flexibility index (Phi) is 8.40. The summed E-state index contributed by atoms with van der Waals surface area (Å²) in [4.78, 5) is 26.1. The van der Waals surface area contributed by atoms with Gasteiger partial charge < -0.3 is 23.8 Å². The predicted molar refractivity (Wildman–Crippen MR) is 133 cm³/mol. The fraction of sp³-hybridized carbons (Fsp3) is 0.286. The first-order chi connectivity index (χ1) is 18.2. The zero-order valence-corrected chi connectivity index (χ0v) is 20.6. The molecule has 4 rings (SSSR count). The first-order valence-electron chi connectivity index (χ1n) is 12.0. The lowest BCUT2D eigenvalue weighted by Crippen LogP contribution is -2.23. The van der Waals surface area contributed by atoms with Gasteiger partial charge in [0.1, 0.15) is 17.2 Å². The second-order valence-electron chi connectivity index (χ2n) is 8.41. The average Bonchev–Trinajstić information content (AvgIpc) is 3.24. The number of hydrogen-bond acceptors (Lipinski definition) is 6. The molecule has 200 valence electrons. The molecular weight excluding hydrogens is 503 g/mol. The molecule has 0 N–H and O–H groups in total. The first kappa shape index (κ1) is 26.8. The van der Waals surface area contributed by atoms with Gasteiger partial charge >= 0.3 is 12.1 Å². The van der Waals surface area contributed by atoms with Gasteiger partial charge in [-0.2, -0.15) is 13.2 Å². The average molecular weight is 530 g/mol. The number of fused-ring (bicyclic) bond motifs is 1. The Morgan fingerprint density at radius 2 is 1.71 bits per heavy atom. The Morgan fingerprint density at radius 3 is 2.45 bits per heavy atom. The molecule has 38 heavy (non-hydrogen) atoms. The fourth-order valence-corrected chi connectivity index (χ4v) is 3.95. The molecule has 1 aliphatic heterocycles. The Morgan fingerprint density at radius 1 is 0.947 bits per heavy atom. The van der Waals surface area contributed by atoms with Gasteiger partial charge in [-0.1, -0.05) is 18.2 Å². The maximum absolute atomic E-state index is 13.0. The molecule has 1 heterocycles. The minimum Gasteiger partial charge on any atom is -0.493 e. The van der Waals surface area contributed by atoms with E-state index in [1.165, 1.54) is 17.0 Å². The predicted octanol–water partition coefficient (Wildman–Crippen LogP) is 5.35. The summed E-state index contributed by atoms with van der Waals surface area (Å²) >= 11 is 0. The van der Waals surface area contributed by atoms with E-state index in [-0.39, 0.29) is 24.8 Å². The zero-order chi connectivity index (χ0) is 27.1. The van der Waals surface area contributed by atoms with Gasteiger partial charge in [0.05, 0.1) is 19.8 Å². The minimum absolute atomic E-state index is 0.0645. The summed E-state index contributed by atoms with van der Waals surface area (Å²) in [6.45, 7) is 1.08. The van der Waals surface area contributed by atoms with Crippen LogP contribution in [0.2, 0.25) is 0 Å². The number of alkyl halides is 3. The van der Waals surface area contributed by atoms with E-state index < -0.39 is 18.8 Å². The summed E-state index contributed by atoms with van der Waals surface area (Å²) in [5.41, 5.74) is 2.73. The van der Waals surface area contributed by atoms with Gasteiger partial charge in [0, 0.05) is 23.2 Å². The highest BCUT2D eigenvalue weighted by atomic mass is 19.4. The summed E-state index contributed by atoms with van der Waals surface area (Å²) in [6, 6.07) is 18.5. The zero-order valence-electron chi connectivity index (χ0n) is 20.6. The molecule has 3 aromatic rings. The highest BCUT2D eigenvalue weighted by molar-refractivity contribution is 6.10. The van der Waals surface area contributed by atoms with E-state index in [0.29, 0.717) is 42.4 Å². The van der Waals surface area contributed by atoms with Crippen molar-refractivity contribution in [2.45, 2.75) is 26.1 Å². The number of ether oxygens (including phenoxy) is 4. The van der Waals surface area contributed by atoms with Crippen molar-refractivity contribution in [1.82, 2.24) is 0 Å². The van der Waals surface area contributed by atoms with Gasteiger partial charge in [0.15, 0.2) is 13.2 Å². The van der Waals surface area contributed by atoms with Crippen LogP contribution in [0.5, 0.6) is 17.2 Å². The summed E-state index contributed by atoms with van der Waals surface area (Å²) in [7, 11) is 0. The van der Waals surface area contributed by atoms with Gasteiger partial charge in [-0.3, -0.25) is 4.79 Å². The topological polar surface area (TPSA) is 74.3 Å². The third kappa shape index (κ3) is 6.96. The fourth-order valence-electron chi connectivity index (χ4n) is 3.95. The van der Waals surface area contributed by atoms with Crippen molar-refractivity contribution in [3.05, 3.63) is 83.4 Å². The molecule has 10 heteroatoms. The molecule has 0 aliphatic carbocycles. The third-order valence-corrected chi connectivity index (χ3v) is 5.68. The van der Waals surface area contributed by atoms with Gasteiger partial charge in [-0.05, 0) is 61.0 Å². The van der Waals surface area contributed by atoms with Crippen LogP contribution in [0.4, 0.5) is 18.9 Å². The van der Waals surface area contributed by atoms with Crippen LogP contribution in [-0.4, -0.2) is 44.5 Å². The van der Waals surface area contributed by atoms with Crippen LogP contribution in [0.15, 0.2) is 66.7 Å². The van der Waals surface area contributed by atoms with Crippen LogP contribution >= 0.6 is 0 Å². The van der Waals surface area contributed by atoms with Crippen LogP contribution in [0.25, 0.3) is 0 Å². The maximum atomic E-state index is 13.0. The highest BCUT2D eigenvalue weighted by Gasteiger charge is 2.31. The Labute approximate surface area is 217 Å². The summed E-state index contributed by atoms with van der Waals surface area (Å²) in [5.74, 6) is 0.536. The van der Waals surface area contributed by atoms with E-state index in [0.717, 1.165) is 11.1 Å². The molecule has 1 amide bonds. The molecule has 1 aliphatic rings. The lowest BCUT2D eigenvalue weighted by atomic mass is 10.1. The number of hydrogen-bond donors (Lipinski definition) is 0. The smallest absolute Gasteiger partial charge is 0.422 e. The van der Waals surface area contributed by atoms with Crippen LogP contribution in [-0.2, 0) is 22.5 Å². The van der Waals surface area contributed by atoms with Crippen molar-refractivity contribution in [3.63, 3.8) is 0 Å². The number of rotatable bonds is 11. The van der Waals surface area contributed by atoms with Crippen LogP contribution in [0, 0.1) is 0 Å². The van der Waals surface area contributed by atoms with Crippen molar-refractivity contribution < 1.29 is 41.7 Å². The normalized spacial score (nSPS) is 12.7. The second kappa shape index (κ2) is 11.9. The van der Waals surface area contributed by atoms with E-state index in [1.54, 1.807) is 43.3 Å². The highest BCUT2D eigenvalue weighted by Crippen LogP contribution is 2.35. The van der Waals surface area contributed by atoms with Crippen molar-refractivity contribution in [1.29, 1.82) is 0 Å². The van der Waals surface area contributed by atoms with Crippen LogP contribution < -0.4 is 19.1 Å². The van der Waals surface area contributed by atoms with Crippen LogP contribution in [0.3, 0.4) is 0 Å². The summed E-state index contributed by atoms with van der Waals surface area (Å²) < 4.78 is 58.2. The third-order valence-electron chi connectivity index (χ3n) is 5.68. The molecule has 0 unspecified atom stereocenters. The Balaban J connectivity index is 1.35. The lowest BCUT2D eigenvalue weighted by Gasteiger charge is -2.17. The van der Waals surface area contributed by atoms with Gasteiger partial charge in [-0.15, -0.1) is 0 Å². The SMILES string of the molecule is CCOC(=O)COc1cccc(CCOc2cccc3c2CN(c2ccc(OCC(F)(F)F)cc2)C3=O)c1. The number of carbonyl (C=O) groups excluding carboxylic acids is 2. The molecule has 0 spiro atoms. The van der Waals surface area contributed by atoms with Crippen LogP contribution in [0.1, 0.15) is 28.4 Å². The van der Waals surface area contributed by atoms with Crippen molar-refractivity contribution in [2.24, 2.45) is 0 Å². The number of esters is 1. The maximum Gasteiger partial charge on any atom is 0.422 e. The quantitative estimate of drug-likeness (QED) is 0.312. The molecule has 0 atom stereocenters. The summed E-state index contributed by atoms with van der Waals surface area (Å²) in [6.07, 6.45) is -3.86. The molecule has 0 saturated carbocycles. The van der Waals surface area contributed by atoms with Crippen molar-refractivity contribution in [3.8, 4) is 17.2 Å². The number of anilines is 1. The first-order valence-corrected chi connectivity index (χ1v) is 12.0. The number of halogens is 3. The van der Waals surface area contributed by atoms with E-state index in [1.807, 2.05) is 18.2 Å². The van der Waals surface area contributed by atoms with E-state index in [2.05, 4.69) is 0 Å². The molecular formula is C28H26F3NO6. The monoisotopic (exact) mass is 529 g/mol. The Bertz CT molecular complexity index is 1280. The van der Waals surface area contributed by atoms with E-state index in [9.17, 15) is 22.8 Å². The molecule has 0 saturated heterocycles. The second-order valence-corrected chi connectivity index (χ2v) is 8.41. The number of carbonyl (C=O) groups is 2. The minimum atomic E-state index is -4.43. The number of benzene rings is 3. The Hall–Kier alpha value is -4.21. The van der Waals surface area contributed by atoms with Gasteiger partial charge in [-0.25, -0.2) is 4.79 Å². The summed E-state index contributed by atoms with van der Waals surface area (Å²) in [5, 5.41) is 0. The van der Waals surface area contributed by atoms with E-state index >= 15 is 0 Å². The lowest BCUT2D eigenvalue weighted by molar-refractivity contribution is -0.153. The molecule has 0 fully saturated rings. The molecule has 0 aromatic heterocycles. The van der Waals surface area contributed by atoms with E-state index in [4.69, 9.17) is 18.9 Å². The number of nitrogens with zero attached hydrogens (tertiary/aromatic N) is 1. The van der Waals surface area contributed by atoms with Gasteiger partial charge in [0.25, 0.3) is 5.91 Å². The largest absolute Gasteiger partial charge is 0.493 e. The molecule has 0 bridgehead atoms. The van der Waals surface area contributed by atoms with Gasteiger partial charge in [0.2, 0.25) is 0 Å².